The van der Waals surface area contributed by atoms with Gasteiger partial charge in [0.25, 0.3) is 0 Å². The fourth-order valence-electron chi connectivity index (χ4n) is 2.20. The van der Waals surface area contributed by atoms with Crippen molar-refractivity contribution in [2.45, 2.75) is 20.0 Å². The number of nitrogens with zero attached hydrogens (tertiary/aromatic N) is 5. The van der Waals surface area contributed by atoms with Gasteiger partial charge in [-0.25, -0.2) is 0 Å². The van der Waals surface area contributed by atoms with Crippen LogP contribution in [0.4, 0.5) is 0 Å². The van der Waals surface area contributed by atoms with Crippen LogP contribution in [0.5, 0.6) is 0 Å². The Kier molecular flexibility index (Phi) is 6.06. The molecule has 0 aliphatic carbocycles. The van der Waals surface area contributed by atoms with Crippen LogP contribution in [0.3, 0.4) is 0 Å². The van der Waals surface area contributed by atoms with Crippen molar-refractivity contribution in [2.24, 2.45) is 12.0 Å². The molecule has 0 aliphatic rings. The predicted octanol–water partition coefficient (Wildman–Crippen LogP) is 2.08. The number of aryl methyl sites for hydroxylation is 1. The highest BCUT2D eigenvalue weighted by Crippen LogP contribution is 2.14. The average Bonchev–Trinajstić information content (AvgIpc) is 3.08. The number of hydrogen-bond donors (Lipinski definition) is 1. The van der Waals surface area contributed by atoms with Gasteiger partial charge in [0.15, 0.2) is 5.96 Å². The zero-order valence-corrected chi connectivity index (χ0v) is 14.9. The molecular formula is C15H23BrN6. The Morgan fingerprint density at radius 3 is 2.91 bits per heavy atom. The van der Waals surface area contributed by atoms with Gasteiger partial charge < -0.3 is 14.8 Å². The van der Waals surface area contributed by atoms with Gasteiger partial charge >= 0.3 is 0 Å². The molecule has 120 valence electrons. The lowest BCUT2D eigenvalue weighted by molar-refractivity contribution is 0.460. The molecule has 0 unspecified atom stereocenters. The van der Waals surface area contributed by atoms with Crippen LogP contribution in [-0.4, -0.2) is 45.3 Å². The third-order valence-electron chi connectivity index (χ3n) is 3.32. The molecule has 0 spiro atoms. The fourth-order valence-corrected chi connectivity index (χ4v) is 2.77. The van der Waals surface area contributed by atoms with E-state index < -0.39 is 0 Å². The zero-order chi connectivity index (χ0) is 15.9. The lowest BCUT2D eigenvalue weighted by Crippen LogP contribution is -2.39. The molecule has 0 fully saturated rings. The SMILES string of the molecule is CCNC(=NCCn1cccn1)N(C)Cc1cc(Br)cn1C. The molecule has 2 rings (SSSR count). The first kappa shape index (κ1) is 16.6. The van der Waals surface area contributed by atoms with Gasteiger partial charge in [-0.2, -0.15) is 5.10 Å². The molecule has 2 aromatic rings. The highest BCUT2D eigenvalue weighted by atomic mass is 79.9. The number of guanidine groups is 1. The predicted molar refractivity (Wildman–Crippen MR) is 92.8 cm³/mol. The van der Waals surface area contributed by atoms with Gasteiger partial charge in [-0.1, -0.05) is 0 Å². The molecule has 0 saturated heterocycles. The van der Waals surface area contributed by atoms with Crippen LogP contribution in [-0.2, 0) is 20.1 Å². The summed E-state index contributed by atoms with van der Waals surface area (Å²) >= 11 is 3.51. The Morgan fingerprint density at radius 1 is 1.50 bits per heavy atom. The Morgan fingerprint density at radius 2 is 2.32 bits per heavy atom. The smallest absolute Gasteiger partial charge is 0.194 e. The Balaban J connectivity index is 1.97. The van der Waals surface area contributed by atoms with Crippen LogP contribution < -0.4 is 5.32 Å². The zero-order valence-electron chi connectivity index (χ0n) is 13.3. The second-order valence-electron chi connectivity index (χ2n) is 5.12. The normalized spacial score (nSPS) is 11.7. The van der Waals surface area contributed by atoms with Gasteiger partial charge in [-0.05, 0) is 35.0 Å². The van der Waals surface area contributed by atoms with E-state index in [2.05, 4.69) is 74.1 Å². The molecule has 7 heteroatoms. The maximum absolute atomic E-state index is 4.67. The van der Waals surface area contributed by atoms with Gasteiger partial charge in [0.1, 0.15) is 0 Å². The van der Waals surface area contributed by atoms with Crippen molar-refractivity contribution in [3.63, 3.8) is 0 Å². The van der Waals surface area contributed by atoms with Gasteiger partial charge in [-0.15, -0.1) is 0 Å². The van der Waals surface area contributed by atoms with Gasteiger partial charge in [0.05, 0.1) is 19.6 Å². The molecule has 0 radical (unpaired) electrons. The fraction of sp³-hybridized carbons (Fsp3) is 0.467. The third-order valence-corrected chi connectivity index (χ3v) is 3.75. The second-order valence-corrected chi connectivity index (χ2v) is 6.04. The van der Waals surface area contributed by atoms with Crippen LogP contribution in [0.25, 0.3) is 0 Å². The molecule has 0 amide bonds. The topological polar surface area (TPSA) is 50.4 Å². The Hall–Kier alpha value is -1.76. The first-order valence-electron chi connectivity index (χ1n) is 7.37. The molecule has 0 aliphatic heterocycles. The standard InChI is InChI=1S/C15H23BrN6/c1-4-17-15(18-7-9-22-8-5-6-19-22)21(3)12-14-10-13(16)11-20(14)2/h5-6,8,10-11H,4,7,9,12H2,1-3H3,(H,17,18). The minimum atomic E-state index is 0.700. The van der Waals surface area contributed by atoms with Crippen LogP contribution in [0.15, 0.2) is 40.2 Å². The summed E-state index contributed by atoms with van der Waals surface area (Å²) in [4.78, 5) is 6.80. The van der Waals surface area contributed by atoms with Crippen molar-refractivity contribution >= 4 is 21.9 Å². The molecule has 22 heavy (non-hydrogen) atoms. The minimum absolute atomic E-state index is 0.700. The van der Waals surface area contributed by atoms with E-state index in [9.17, 15) is 0 Å². The van der Waals surface area contributed by atoms with Gasteiger partial charge in [0, 0.05) is 49.4 Å². The van der Waals surface area contributed by atoms with Crippen molar-refractivity contribution in [2.75, 3.05) is 20.1 Å². The summed E-state index contributed by atoms with van der Waals surface area (Å²) in [6.45, 7) is 5.21. The van der Waals surface area contributed by atoms with E-state index in [1.54, 1.807) is 6.20 Å². The number of aromatic nitrogens is 3. The van der Waals surface area contributed by atoms with Crippen molar-refractivity contribution in [3.8, 4) is 0 Å². The Labute approximate surface area is 140 Å². The minimum Gasteiger partial charge on any atom is -0.357 e. The van der Waals surface area contributed by atoms with Crippen LogP contribution in [0.2, 0.25) is 0 Å². The third kappa shape index (κ3) is 4.62. The van der Waals surface area contributed by atoms with Crippen LogP contribution in [0, 0.1) is 0 Å². The highest BCUT2D eigenvalue weighted by Gasteiger charge is 2.09. The second kappa shape index (κ2) is 8.03. The van der Waals surface area contributed by atoms with E-state index >= 15 is 0 Å². The number of halogens is 1. The number of nitrogens with one attached hydrogen (secondary N) is 1. The van der Waals surface area contributed by atoms with Crippen molar-refractivity contribution in [1.29, 1.82) is 0 Å². The van der Waals surface area contributed by atoms with E-state index in [0.29, 0.717) is 6.54 Å². The Bertz CT molecular complexity index is 602. The maximum atomic E-state index is 4.67. The van der Waals surface area contributed by atoms with E-state index in [1.165, 1.54) is 5.69 Å². The van der Waals surface area contributed by atoms with Crippen molar-refractivity contribution < 1.29 is 0 Å². The van der Waals surface area contributed by atoms with Gasteiger partial charge in [-0.3, -0.25) is 9.67 Å². The number of hydrogen-bond acceptors (Lipinski definition) is 2. The lowest BCUT2D eigenvalue weighted by Gasteiger charge is -2.22. The van der Waals surface area contributed by atoms with E-state index in [1.807, 2.05) is 16.9 Å². The molecule has 0 bridgehead atoms. The summed E-state index contributed by atoms with van der Waals surface area (Å²) in [5, 5.41) is 7.53. The van der Waals surface area contributed by atoms with E-state index in [-0.39, 0.29) is 0 Å². The van der Waals surface area contributed by atoms with Crippen LogP contribution >= 0.6 is 15.9 Å². The molecule has 0 atom stereocenters. The summed E-state index contributed by atoms with van der Waals surface area (Å²) in [6, 6.07) is 4.05. The van der Waals surface area contributed by atoms with E-state index in [4.69, 9.17) is 0 Å². The number of aliphatic imine (C=N–C) groups is 1. The largest absolute Gasteiger partial charge is 0.357 e. The first-order valence-corrected chi connectivity index (χ1v) is 8.17. The molecule has 6 nitrogen and oxygen atoms in total. The quantitative estimate of drug-likeness (QED) is 0.628. The number of rotatable bonds is 6. The summed E-state index contributed by atoms with van der Waals surface area (Å²) < 4.78 is 5.11. The summed E-state index contributed by atoms with van der Waals surface area (Å²) in [7, 11) is 4.10. The van der Waals surface area contributed by atoms with Crippen molar-refractivity contribution in [3.05, 3.63) is 40.9 Å². The molecule has 0 saturated carbocycles. The van der Waals surface area contributed by atoms with Crippen LogP contribution in [0.1, 0.15) is 12.6 Å². The first-order chi connectivity index (χ1) is 10.6. The summed E-state index contributed by atoms with van der Waals surface area (Å²) in [6.07, 6.45) is 5.80. The molecular weight excluding hydrogens is 344 g/mol. The highest BCUT2D eigenvalue weighted by molar-refractivity contribution is 9.10. The van der Waals surface area contributed by atoms with E-state index in [0.717, 1.165) is 30.1 Å². The lowest BCUT2D eigenvalue weighted by atomic mass is 10.4. The molecule has 0 aromatic carbocycles. The molecule has 2 heterocycles. The maximum Gasteiger partial charge on any atom is 0.194 e. The monoisotopic (exact) mass is 366 g/mol. The summed E-state index contributed by atoms with van der Waals surface area (Å²) in [5.41, 5.74) is 1.23. The van der Waals surface area contributed by atoms with Crippen molar-refractivity contribution in [1.82, 2.24) is 24.6 Å². The average molecular weight is 367 g/mol. The molecule has 2 aromatic heterocycles. The van der Waals surface area contributed by atoms with Gasteiger partial charge in [0.2, 0.25) is 0 Å². The summed E-state index contributed by atoms with van der Waals surface area (Å²) in [5.74, 6) is 0.909. The molecule has 1 N–H and O–H groups in total.